The molecule has 0 spiro atoms. The van der Waals surface area contributed by atoms with Crippen LogP contribution in [-0.2, 0) is 0 Å². The van der Waals surface area contributed by atoms with Crippen LogP contribution in [0.15, 0.2) is 35.8 Å². The number of nitrogens with one attached hydrogen (secondary N) is 1. The quantitative estimate of drug-likeness (QED) is 0.840. The molecule has 0 aromatic carbocycles. The zero-order valence-electron chi connectivity index (χ0n) is 12.8. The molecule has 4 nitrogen and oxygen atoms in total. The maximum absolute atomic E-state index is 4.61. The van der Waals surface area contributed by atoms with E-state index in [9.17, 15) is 0 Å². The summed E-state index contributed by atoms with van der Waals surface area (Å²) in [4.78, 5) is 7.87. The van der Waals surface area contributed by atoms with E-state index in [0.717, 1.165) is 17.1 Å². The fourth-order valence-electron chi connectivity index (χ4n) is 3.39. The fraction of sp³-hybridized carbons (Fsp3) is 0.333. The molecule has 1 aliphatic carbocycles. The van der Waals surface area contributed by atoms with Crippen LogP contribution in [0.25, 0.3) is 22.2 Å². The number of hydrogen-bond acceptors (Lipinski definition) is 2. The van der Waals surface area contributed by atoms with Crippen LogP contribution in [0.1, 0.15) is 43.7 Å². The second kappa shape index (κ2) is 5.54. The van der Waals surface area contributed by atoms with Crippen molar-refractivity contribution in [2.24, 2.45) is 11.0 Å². The van der Waals surface area contributed by atoms with Gasteiger partial charge >= 0.3 is 0 Å². The highest BCUT2D eigenvalue weighted by Crippen LogP contribution is 2.33. The molecule has 0 amide bonds. The molecule has 2 aromatic rings. The molecule has 0 bridgehead atoms. The predicted molar refractivity (Wildman–Crippen MR) is 90.1 cm³/mol. The predicted octanol–water partition coefficient (Wildman–Crippen LogP) is 3.06. The molecule has 4 heteroatoms. The summed E-state index contributed by atoms with van der Waals surface area (Å²) in [6, 6.07) is 2.28. The van der Waals surface area contributed by atoms with Crippen molar-refractivity contribution in [1.29, 1.82) is 0 Å². The van der Waals surface area contributed by atoms with Gasteiger partial charge in [0, 0.05) is 23.3 Å². The monoisotopic (exact) mass is 293 g/mol. The summed E-state index contributed by atoms with van der Waals surface area (Å²) in [6.45, 7) is 2.29. The van der Waals surface area contributed by atoms with E-state index in [1.807, 2.05) is 30.2 Å². The highest BCUT2D eigenvalue weighted by Gasteiger charge is 2.17. The topological polar surface area (TPSA) is 57.6 Å². The lowest BCUT2D eigenvalue weighted by atomic mass is 9.85. The van der Waals surface area contributed by atoms with E-state index in [1.165, 1.54) is 47.8 Å². The van der Waals surface area contributed by atoms with Crippen LogP contribution in [-0.4, -0.2) is 16.2 Å². The van der Waals surface area contributed by atoms with Gasteiger partial charge in [0.25, 0.3) is 0 Å². The minimum absolute atomic E-state index is 0.860. The first-order valence-corrected chi connectivity index (χ1v) is 8.08. The summed E-state index contributed by atoms with van der Waals surface area (Å²) in [5, 5.41) is 5.35. The summed E-state index contributed by atoms with van der Waals surface area (Å²) in [5.74, 6) is 0.860. The Bertz CT molecular complexity index is 795. The summed E-state index contributed by atoms with van der Waals surface area (Å²) >= 11 is 0. The van der Waals surface area contributed by atoms with E-state index in [0.29, 0.717) is 0 Å². The summed E-state index contributed by atoms with van der Waals surface area (Å²) in [7, 11) is 0. The SMILES string of the molecule is CCC1CC=C(c2cnc3[nH]cc(C4=C[NH2+]N=C4)c3c2)CC1. The van der Waals surface area contributed by atoms with Crippen LogP contribution in [0.2, 0.25) is 0 Å². The Morgan fingerprint density at radius 1 is 1.41 bits per heavy atom. The number of fused-ring (bicyclic) bond motifs is 1. The van der Waals surface area contributed by atoms with Crippen LogP contribution in [0.5, 0.6) is 0 Å². The second-order valence-electron chi connectivity index (χ2n) is 6.15. The number of H-pyrrole nitrogens is 1. The van der Waals surface area contributed by atoms with Crippen LogP contribution in [0, 0.1) is 5.92 Å². The van der Waals surface area contributed by atoms with Gasteiger partial charge < -0.3 is 4.98 Å². The number of nitrogens with two attached hydrogens (primary N) is 1. The standard InChI is InChI=1S/C18H20N4/c1-2-12-3-5-13(6-4-12)14-7-16-17(15-9-21-22-10-15)11-20-18(16)19-8-14/h5,7-12H,2-4,6H2,1H3,(H,19,20)(H,21,22)/p+1. The van der Waals surface area contributed by atoms with Gasteiger partial charge in [-0.2, -0.15) is 5.43 Å². The van der Waals surface area contributed by atoms with Crippen LogP contribution >= 0.6 is 0 Å². The molecule has 3 heterocycles. The molecule has 4 rings (SSSR count). The Labute approximate surface area is 130 Å². The third-order valence-electron chi connectivity index (χ3n) is 4.86. The van der Waals surface area contributed by atoms with E-state index < -0.39 is 0 Å². The summed E-state index contributed by atoms with van der Waals surface area (Å²) in [5.41, 5.74) is 7.83. The van der Waals surface area contributed by atoms with Crippen LogP contribution in [0.4, 0.5) is 0 Å². The maximum atomic E-state index is 4.61. The third kappa shape index (κ3) is 2.29. The minimum Gasteiger partial charge on any atom is -0.346 e. The van der Waals surface area contributed by atoms with Crippen molar-refractivity contribution in [2.45, 2.75) is 32.6 Å². The first kappa shape index (κ1) is 13.5. The Kier molecular flexibility index (Phi) is 3.39. The van der Waals surface area contributed by atoms with Crippen LogP contribution < -0.4 is 5.43 Å². The lowest BCUT2D eigenvalue weighted by Crippen LogP contribution is -2.69. The highest BCUT2D eigenvalue weighted by molar-refractivity contribution is 6.14. The smallest absolute Gasteiger partial charge is 0.137 e. The number of aromatic amines is 1. The van der Waals surface area contributed by atoms with Crippen molar-refractivity contribution in [1.82, 2.24) is 9.97 Å². The molecular weight excluding hydrogens is 272 g/mol. The van der Waals surface area contributed by atoms with Crippen molar-refractivity contribution in [2.75, 3.05) is 0 Å². The molecular formula is C18H21N4+. The van der Waals surface area contributed by atoms with Crippen molar-refractivity contribution in [3.63, 3.8) is 0 Å². The average Bonchev–Trinajstić information content (AvgIpc) is 3.23. The van der Waals surface area contributed by atoms with Crippen molar-refractivity contribution in [3.8, 4) is 0 Å². The van der Waals surface area contributed by atoms with Crippen molar-refractivity contribution in [3.05, 3.63) is 41.9 Å². The third-order valence-corrected chi connectivity index (χ3v) is 4.86. The number of allylic oxidation sites excluding steroid dienone is 3. The van der Waals surface area contributed by atoms with E-state index >= 15 is 0 Å². The molecule has 0 fully saturated rings. The molecule has 112 valence electrons. The average molecular weight is 293 g/mol. The van der Waals surface area contributed by atoms with Crippen LogP contribution in [0.3, 0.4) is 0 Å². The second-order valence-corrected chi connectivity index (χ2v) is 6.15. The van der Waals surface area contributed by atoms with Crippen molar-refractivity contribution >= 4 is 28.4 Å². The lowest BCUT2D eigenvalue weighted by molar-refractivity contribution is -0.589. The van der Waals surface area contributed by atoms with Gasteiger partial charge in [-0.25, -0.2) is 4.98 Å². The molecule has 1 atom stereocenters. The zero-order chi connectivity index (χ0) is 14.9. The van der Waals surface area contributed by atoms with Gasteiger partial charge in [0.05, 0.1) is 11.8 Å². The normalized spacial score (nSPS) is 21.2. The lowest BCUT2D eigenvalue weighted by Gasteiger charge is -2.20. The minimum atomic E-state index is 0.860. The maximum Gasteiger partial charge on any atom is 0.137 e. The Morgan fingerprint density at radius 3 is 3.09 bits per heavy atom. The Morgan fingerprint density at radius 2 is 2.36 bits per heavy atom. The van der Waals surface area contributed by atoms with Gasteiger partial charge in [-0.1, -0.05) is 24.5 Å². The molecule has 2 aromatic heterocycles. The van der Waals surface area contributed by atoms with Gasteiger partial charge in [-0.15, -0.1) is 0 Å². The van der Waals surface area contributed by atoms with E-state index in [-0.39, 0.29) is 0 Å². The largest absolute Gasteiger partial charge is 0.346 e. The first-order valence-electron chi connectivity index (χ1n) is 8.08. The molecule has 22 heavy (non-hydrogen) atoms. The van der Waals surface area contributed by atoms with Gasteiger partial charge in [0.1, 0.15) is 11.8 Å². The number of aromatic nitrogens is 2. The fourth-order valence-corrected chi connectivity index (χ4v) is 3.39. The van der Waals surface area contributed by atoms with E-state index in [2.05, 4.69) is 34.1 Å². The van der Waals surface area contributed by atoms with Gasteiger partial charge in [-0.3, -0.25) is 0 Å². The number of pyridine rings is 1. The number of rotatable bonds is 3. The molecule has 1 aliphatic heterocycles. The number of nitrogens with zero attached hydrogens (tertiary/aromatic N) is 2. The first-order chi connectivity index (χ1) is 10.8. The van der Waals surface area contributed by atoms with Gasteiger partial charge in [0.15, 0.2) is 0 Å². The number of quaternary nitrogens is 1. The Balaban J connectivity index is 1.73. The summed E-state index contributed by atoms with van der Waals surface area (Å²) < 4.78 is 0. The van der Waals surface area contributed by atoms with Gasteiger partial charge in [0.2, 0.25) is 0 Å². The molecule has 0 saturated heterocycles. The molecule has 0 radical (unpaired) electrons. The van der Waals surface area contributed by atoms with Gasteiger partial charge in [-0.05, 0) is 42.4 Å². The molecule has 1 unspecified atom stereocenters. The van der Waals surface area contributed by atoms with Crippen molar-refractivity contribution < 1.29 is 5.43 Å². The van der Waals surface area contributed by atoms with E-state index in [4.69, 9.17) is 0 Å². The summed E-state index contributed by atoms with van der Waals surface area (Å²) in [6.07, 6.45) is 15.4. The zero-order valence-corrected chi connectivity index (χ0v) is 12.8. The number of hydrogen-bond donors (Lipinski definition) is 2. The molecule has 3 N–H and O–H groups in total. The van der Waals surface area contributed by atoms with E-state index in [1.54, 1.807) is 0 Å². The Hall–Kier alpha value is -2.20. The highest BCUT2D eigenvalue weighted by atomic mass is 15.3. The molecule has 2 aliphatic rings. The molecule has 0 saturated carbocycles.